The third-order valence-corrected chi connectivity index (χ3v) is 7.70. The Morgan fingerprint density at radius 1 is 0.974 bits per heavy atom. The average molecular weight is 515 g/mol. The molecule has 1 heterocycles. The molecule has 0 unspecified atom stereocenters. The fourth-order valence-corrected chi connectivity index (χ4v) is 4.87. The molecule has 0 atom stereocenters. The van der Waals surface area contributed by atoms with Crippen LogP contribution in [0.15, 0.2) is 72.2 Å². The molecule has 0 radical (unpaired) electrons. The Hall–Kier alpha value is -3.62. The van der Waals surface area contributed by atoms with Crippen molar-refractivity contribution >= 4 is 19.3 Å². The van der Waals surface area contributed by atoms with Crippen molar-refractivity contribution in [3.05, 3.63) is 94.7 Å². The van der Waals surface area contributed by atoms with Crippen molar-refractivity contribution in [3.63, 3.8) is 0 Å². The maximum atomic E-state index is 14.5. The molecule has 1 aliphatic carbocycles. The number of phenols is 1. The predicted octanol–water partition coefficient (Wildman–Crippen LogP) is 6.08. The van der Waals surface area contributed by atoms with Gasteiger partial charge in [0.2, 0.25) is 0 Å². The van der Waals surface area contributed by atoms with Crippen molar-refractivity contribution in [2.75, 3.05) is 13.2 Å². The summed E-state index contributed by atoms with van der Waals surface area (Å²) < 4.78 is 32.5. The average Bonchev–Trinajstić information content (AvgIpc) is 3.31. The molecular formula is C30H31BFNO5. The molecular weight excluding hydrogens is 484 g/mol. The Morgan fingerprint density at radius 2 is 1.55 bits per heavy atom. The second-order valence-corrected chi connectivity index (χ2v) is 10.7. The van der Waals surface area contributed by atoms with E-state index in [-0.39, 0.29) is 30.4 Å². The summed E-state index contributed by atoms with van der Waals surface area (Å²) in [4.78, 5) is 12.8. The Labute approximate surface area is 222 Å². The molecule has 2 aliphatic rings. The number of carbonyl (C=O) groups is 1. The van der Waals surface area contributed by atoms with Gasteiger partial charge in [-0.3, -0.25) is 0 Å². The van der Waals surface area contributed by atoms with Crippen molar-refractivity contribution in [2.45, 2.75) is 44.8 Å². The zero-order chi connectivity index (χ0) is 27.1. The van der Waals surface area contributed by atoms with E-state index in [0.717, 1.165) is 22.3 Å². The minimum atomic E-state index is -0.854. The summed E-state index contributed by atoms with van der Waals surface area (Å²) in [5, 5.41) is 13.0. The molecule has 38 heavy (non-hydrogen) atoms. The maximum Gasteiger partial charge on any atom is 0.492 e. The first-order chi connectivity index (χ1) is 18.1. The van der Waals surface area contributed by atoms with Gasteiger partial charge in [0, 0.05) is 12.5 Å². The lowest BCUT2D eigenvalue weighted by molar-refractivity contribution is 0.00578. The van der Waals surface area contributed by atoms with Gasteiger partial charge in [-0.15, -0.1) is 0 Å². The van der Waals surface area contributed by atoms with Crippen LogP contribution in [0.25, 0.3) is 17.2 Å². The van der Waals surface area contributed by atoms with Crippen LogP contribution in [0.1, 0.15) is 50.3 Å². The molecule has 0 aromatic heterocycles. The summed E-state index contributed by atoms with van der Waals surface area (Å²) in [6.07, 6.45) is 0.836. The number of fused-ring (bicyclic) bond motifs is 3. The van der Waals surface area contributed by atoms with Crippen LogP contribution in [-0.4, -0.2) is 42.7 Å². The number of rotatable bonds is 6. The van der Waals surface area contributed by atoms with Crippen LogP contribution >= 0.6 is 0 Å². The molecule has 2 N–H and O–H groups in total. The monoisotopic (exact) mass is 515 g/mol. The van der Waals surface area contributed by atoms with Gasteiger partial charge in [-0.1, -0.05) is 60.7 Å². The normalized spacial score (nSPS) is 17.7. The number of halogens is 1. The van der Waals surface area contributed by atoms with Gasteiger partial charge in [-0.2, -0.15) is 0 Å². The number of phenolic OH excluding ortho intramolecular Hbond substituents is 1. The molecule has 0 spiro atoms. The summed E-state index contributed by atoms with van der Waals surface area (Å²) >= 11 is 0. The fourth-order valence-electron chi connectivity index (χ4n) is 4.87. The molecule has 5 rings (SSSR count). The second-order valence-electron chi connectivity index (χ2n) is 10.7. The van der Waals surface area contributed by atoms with Crippen LogP contribution in [0.2, 0.25) is 0 Å². The number of hydrogen-bond acceptors (Lipinski definition) is 5. The van der Waals surface area contributed by atoms with Crippen LogP contribution < -0.4 is 5.32 Å². The minimum absolute atomic E-state index is 0.00782. The molecule has 1 saturated heterocycles. The van der Waals surface area contributed by atoms with Gasteiger partial charge in [0.05, 0.1) is 16.8 Å². The summed E-state index contributed by atoms with van der Waals surface area (Å²) in [6, 6.07) is 20.3. The third-order valence-electron chi connectivity index (χ3n) is 7.70. The maximum absolute atomic E-state index is 14.5. The summed E-state index contributed by atoms with van der Waals surface area (Å²) in [7, 11) is -0.854. The van der Waals surface area contributed by atoms with E-state index in [0.29, 0.717) is 5.47 Å². The zero-order valence-electron chi connectivity index (χ0n) is 22.0. The van der Waals surface area contributed by atoms with Crippen molar-refractivity contribution in [1.29, 1.82) is 0 Å². The number of hydrogen-bond donors (Lipinski definition) is 2. The largest absolute Gasteiger partial charge is 0.507 e. The molecule has 196 valence electrons. The van der Waals surface area contributed by atoms with Crippen LogP contribution in [-0.2, 0) is 14.0 Å². The van der Waals surface area contributed by atoms with E-state index < -0.39 is 30.2 Å². The first kappa shape index (κ1) is 26.0. The second kappa shape index (κ2) is 9.93. The van der Waals surface area contributed by atoms with Crippen LogP contribution in [0.5, 0.6) is 5.75 Å². The topological polar surface area (TPSA) is 77.0 Å². The Morgan fingerprint density at radius 3 is 2.13 bits per heavy atom. The first-order valence-corrected chi connectivity index (χ1v) is 12.7. The SMILES string of the molecule is CC1(C)OB(C(=Cc2c(O)cccc2F)CNC(=O)OCC2c3ccccc3-c3ccccc32)OC1(C)C. The molecule has 1 fully saturated rings. The molecule has 3 aromatic rings. The standard InChI is InChI=1S/C30H31BFNO5/c1-29(2)30(3,4)38-31(37-29)19(16-24-26(32)14-9-15-27(24)34)17-33-28(35)36-18-25-22-12-7-5-10-20(22)21-11-6-8-13-23(21)25/h5-16,25,34H,17-18H2,1-4H3,(H,33,35). The lowest BCUT2D eigenvalue weighted by atomic mass is 9.77. The van der Waals surface area contributed by atoms with Crippen molar-refractivity contribution in [3.8, 4) is 16.9 Å². The summed E-state index contributed by atoms with van der Waals surface area (Å²) in [5.74, 6) is -0.887. The van der Waals surface area contributed by atoms with E-state index >= 15 is 0 Å². The molecule has 1 amide bonds. The molecule has 3 aromatic carbocycles. The quantitative estimate of drug-likeness (QED) is 0.389. The zero-order valence-corrected chi connectivity index (χ0v) is 22.0. The Balaban J connectivity index is 1.32. The van der Waals surface area contributed by atoms with Gasteiger partial charge in [0.1, 0.15) is 18.2 Å². The summed E-state index contributed by atoms with van der Waals surface area (Å²) in [6.45, 7) is 7.77. The predicted molar refractivity (Wildman–Crippen MR) is 145 cm³/mol. The highest BCUT2D eigenvalue weighted by atomic mass is 19.1. The highest BCUT2D eigenvalue weighted by Gasteiger charge is 2.52. The van der Waals surface area contributed by atoms with Crippen molar-refractivity contribution in [2.24, 2.45) is 0 Å². The number of amides is 1. The van der Waals surface area contributed by atoms with Gasteiger partial charge in [0.15, 0.2) is 0 Å². The van der Waals surface area contributed by atoms with E-state index in [2.05, 4.69) is 29.6 Å². The van der Waals surface area contributed by atoms with Gasteiger partial charge in [-0.25, -0.2) is 9.18 Å². The molecule has 0 bridgehead atoms. The number of nitrogens with one attached hydrogen (secondary N) is 1. The Bertz CT molecular complexity index is 1320. The van der Waals surface area contributed by atoms with Gasteiger partial charge in [-0.05, 0) is 67.6 Å². The smallest absolute Gasteiger partial charge is 0.492 e. The van der Waals surface area contributed by atoms with Gasteiger partial charge < -0.3 is 24.5 Å². The Kier molecular flexibility index (Phi) is 6.80. The number of ether oxygens (including phenoxy) is 1. The van der Waals surface area contributed by atoms with Gasteiger partial charge in [0.25, 0.3) is 0 Å². The van der Waals surface area contributed by atoms with E-state index in [1.807, 2.05) is 52.0 Å². The molecule has 1 aliphatic heterocycles. The number of aromatic hydroxyl groups is 1. The third kappa shape index (κ3) is 4.82. The van der Waals surface area contributed by atoms with Crippen molar-refractivity contribution < 1.29 is 28.3 Å². The van der Waals surface area contributed by atoms with Crippen molar-refractivity contribution in [1.82, 2.24) is 5.32 Å². The lowest BCUT2D eigenvalue weighted by Crippen LogP contribution is -2.41. The molecule has 6 nitrogen and oxygen atoms in total. The highest BCUT2D eigenvalue weighted by molar-refractivity contribution is 6.56. The fraction of sp³-hybridized carbons (Fsp3) is 0.300. The van der Waals surface area contributed by atoms with E-state index in [1.165, 1.54) is 24.3 Å². The lowest BCUT2D eigenvalue weighted by Gasteiger charge is -2.32. The number of carbonyl (C=O) groups excluding carboxylic acids is 1. The van der Waals surface area contributed by atoms with Crippen LogP contribution in [0.4, 0.5) is 9.18 Å². The van der Waals surface area contributed by atoms with Crippen LogP contribution in [0, 0.1) is 5.82 Å². The number of alkyl carbamates (subject to hydrolysis) is 1. The highest BCUT2D eigenvalue weighted by Crippen LogP contribution is 2.44. The van der Waals surface area contributed by atoms with E-state index in [1.54, 1.807) is 0 Å². The van der Waals surface area contributed by atoms with Gasteiger partial charge >= 0.3 is 13.2 Å². The molecule has 8 heteroatoms. The summed E-state index contributed by atoms with van der Waals surface area (Å²) in [5.41, 5.74) is 3.68. The van der Waals surface area contributed by atoms with E-state index in [4.69, 9.17) is 14.0 Å². The number of benzene rings is 3. The van der Waals surface area contributed by atoms with Crippen LogP contribution in [0.3, 0.4) is 0 Å². The van der Waals surface area contributed by atoms with E-state index in [9.17, 15) is 14.3 Å². The first-order valence-electron chi connectivity index (χ1n) is 12.7. The molecule has 0 saturated carbocycles. The minimum Gasteiger partial charge on any atom is -0.507 e.